The number of ether oxygens (including phenoxy) is 1. The van der Waals surface area contributed by atoms with Crippen LogP contribution in [0.4, 0.5) is 11.4 Å². The van der Waals surface area contributed by atoms with Gasteiger partial charge >= 0.3 is 0 Å². The number of hydrogen-bond donors (Lipinski definition) is 1. The first-order valence-electron chi connectivity index (χ1n) is 8.96. The van der Waals surface area contributed by atoms with E-state index in [0.29, 0.717) is 5.75 Å². The summed E-state index contributed by atoms with van der Waals surface area (Å²) in [6.07, 6.45) is 0. The van der Waals surface area contributed by atoms with Crippen molar-refractivity contribution in [2.24, 2.45) is 0 Å². The predicted molar refractivity (Wildman–Crippen MR) is 108 cm³/mol. The fraction of sp³-hybridized carbons (Fsp3) is 0.227. The molecule has 3 aromatic rings. The van der Waals surface area contributed by atoms with Gasteiger partial charge in [0, 0.05) is 24.5 Å². The highest BCUT2D eigenvalue weighted by atomic mass is 16.5. The van der Waals surface area contributed by atoms with Crippen molar-refractivity contribution in [3.8, 4) is 5.75 Å². The first-order chi connectivity index (χ1) is 12.7. The monoisotopic (exact) mass is 348 g/mol. The third-order valence-electron chi connectivity index (χ3n) is 4.37. The van der Waals surface area contributed by atoms with Crippen LogP contribution in [-0.2, 0) is 4.79 Å². The molecule has 0 aromatic heterocycles. The van der Waals surface area contributed by atoms with Gasteiger partial charge in [0.15, 0.2) is 6.61 Å². The average Bonchev–Trinajstić information content (AvgIpc) is 2.68. The Morgan fingerprint density at radius 1 is 0.923 bits per heavy atom. The fourth-order valence-electron chi connectivity index (χ4n) is 2.95. The van der Waals surface area contributed by atoms with Gasteiger partial charge in [0.1, 0.15) is 5.75 Å². The van der Waals surface area contributed by atoms with Gasteiger partial charge in [0.2, 0.25) is 0 Å². The molecule has 0 bridgehead atoms. The SMILES string of the molecule is CCN(CC)c1ccc(NC(=O)COc2ccc3ccccc3c2)cc1. The lowest BCUT2D eigenvalue weighted by Crippen LogP contribution is -2.22. The lowest BCUT2D eigenvalue weighted by atomic mass is 10.1. The maximum atomic E-state index is 12.1. The number of anilines is 2. The predicted octanol–water partition coefficient (Wildman–Crippen LogP) is 4.70. The molecule has 3 aromatic carbocycles. The van der Waals surface area contributed by atoms with Gasteiger partial charge in [-0.15, -0.1) is 0 Å². The first-order valence-corrected chi connectivity index (χ1v) is 8.96. The third-order valence-corrected chi connectivity index (χ3v) is 4.37. The van der Waals surface area contributed by atoms with Gasteiger partial charge in [-0.3, -0.25) is 4.79 Å². The summed E-state index contributed by atoms with van der Waals surface area (Å²) in [5, 5.41) is 5.11. The summed E-state index contributed by atoms with van der Waals surface area (Å²) in [5.74, 6) is 0.518. The summed E-state index contributed by atoms with van der Waals surface area (Å²) in [6, 6.07) is 21.8. The molecule has 26 heavy (non-hydrogen) atoms. The van der Waals surface area contributed by atoms with Crippen LogP contribution < -0.4 is 15.0 Å². The van der Waals surface area contributed by atoms with Crippen LogP contribution in [0.15, 0.2) is 66.7 Å². The van der Waals surface area contributed by atoms with Crippen molar-refractivity contribution in [2.75, 3.05) is 29.9 Å². The highest BCUT2D eigenvalue weighted by Gasteiger charge is 2.06. The molecule has 4 nitrogen and oxygen atoms in total. The Morgan fingerprint density at radius 3 is 2.31 bits per heavy atom. The van der Waals surface area contributed by atoms with Crippen LogP contribution in [0.25, 0.3) is 10.8 Å². The zero-order chi connectivity index (χ0) is 18.4. The second-order valence-corrected chi connectivity index (χ2v) is 6.06. The van der Waals surface area contributed by atoms with Crippen molar-refractivity contribution in [1.29, 1.82) is 0 Å². The molecule has 0 aliphatic heterocycles. The molecular formula is C22H24N2O2. The smallest absolute Gasteiger partial charge is 0.262 e. The first kappa shape index (κ1) is 17.8. The molecule has 0 heterocycles. The van der Waals surface area contributed by atoms with Crippen molar-refractivity contribution < 1.29 is 9.53 Å². The van der Waals surface area contributed by atoms with Gasteiger partial charge in [-0.1, -0.05) is 30.3 Å². The van der Waals surface area contributed by atoms with Crippen LogP contribution >= 0.6 is 0 Å². The number of carbonyl (C=O) groups excluding carboxylic acids is 1. The molecule has 0 saturated carbocycles. The summed E-state index contributed by atoms with van der Waals surface area (Å²) in [4.78, 5) is 14.4. The maximum Gasteiger partial charge on any atom is 0.262 e. The van der Waals surface area contributed by atoms with E-state index in [-0.39, 0.29) is 12.5 Å². The third kappa shape index (κ3) is 4.33. The van der Waals surface area contributed by atoms with Gasteiger partial charge in [-0.05, 0) is 61.0 Å². The number of hydrogen-bond acceptors (Lipinski definition) is 3. The van der Waals surface area contributed by atoms with Crippen LogP contribution in [0.5, 0.6) is 5.75 Å². The fourth-order valence-corrected chi connectivity index (χ4v) is 2.95. The van der Waals surface area contributed by atoms with Crippen molar-refractivity contribution in [3.05, 3.63) is 66.7 Å². The molecular weight excluding hydrogens is 324 g/mol. The van der Waals surface area contributed by atoms with E-state index in [1.807, 2.05) is 66.7 Å². The van der Waals surface area contributed by atoms with Crippen LogP contribution in [0.2, 0.25) is 0 Å². The number of rotatable bonds is 7. The molecule has 0 saturated heterocycles. The number of nitrogens with one attached hydrogen (secondary N) is 1. The van der Waals surface area contributed by atoms with E-state index < -0.39 is 0 Å². The van der Waals surface area contributed by atoms with Gasteiger partial charge in [-0.2, -0.15) is 0 Å². The zero-order valence-corrected chi connectivity index (χ0v) is 15.2. The van der Waals surface area contributed by atoms with Gasteiger partial charge in [-0.25, -0.2) is 0 Å². The van der Waals surface area contributed by atoms with Crippen molar-refractivity contribution in [3.63, 3.8) is 0 Å². The largest absolute Gasteiger partial charge is 0.484 e. The molecule has 1 amide bonds. The summed E-state index contributed by atoms with van der Waals surface area (Å²) in [7, 11) is 0. The topological polar surface area (TPSA) is 41.6 Å². The number of carbonyl (C=O) groups is 1. The van der Waals surface area contributed by atoms with E-state index >= 15 is 0 Å². The summed E-state index contributed by atoms with van der Waals surface area (Å²) >= 11 is 0. The Morgan fingerprint density at radius 2 is 1.62 bits per heavy atom. The molecule has 4 heteroatoms. The van der Waals surface area contributed by atoms with Crippen LogP contribution in [0.1, 0.15) is 13.8 Å². The minimum Gasteiger partial charge on any atom is -0.484 e. The second kappa shape index (κ2) is 8.39. The van der Waals surface area contributed by atoms with Crippen LogP contribution in [-0.4, -0.2) is 25.6 Å². The highest BCUT2D eigenvalue weighted by Crippen LogP contribution is 2.21. The average molecular weight is 348 g/mol. The molecule has 1 N–H and O–H groups in total. The molecule has 0 unspecified atom stereocenters. The quantitative estimate of drug-likeness (QED) is 0.673. The highest BCUT2D eigenvalue weighted by molar-refractivity contribution is 5.92. The molecule has 0 fully saturated rings. The van der Waals surface area contributed by atoms with Gasteiger partial charge < -0.3 is 15.0 Å². The number of benzene rings is 3. The Bertz CT molecular complexity index is 871. The van der Waals surface area contributed by atoms with Gasteiger partial charge in [0.25, 0.3) is 5.91 Å². The minimum atomic E-state index is -0.172. The van der Waals surface area contributed by atoms with E-state index in [0.717, 1.165) is 35.2 Å². The van der Waals surface area contributed by atoms with Crippen molar-refractivity contribution >= 4 is 28.1 Å². The van der Waals surface area contributed by atoms with Crippen molar-refractivity contribution in [1.82, 2.24) is 0 Å². The normalized spacial score (nSPS) is 10.5. The second-order valence-electron chi connectivity index (χ2n) is 6.06. The van der Waals surface area contributed by atoms with E-state index in [1.54, 1.807) is 0 Å². The van der Waals surface area contributed by atoms with E-state index in [1.165, 1.54) is 0 Å². The molecule has 0 spiro atoms. The lowest BCUT2D eigenvalue weighted by molar-refractivity contribution is -0.118. The van der Waals surface area contributed by atoms with E-state index in [4.69, 9.17) is 4.74 Å². The molecule has 0 atom stereocenters. The zero-order valence-electron chi connectivity index (χ0n) is 15.2. The minimum absolute atomic E-state index is 0.0177. The Balaban J connectivity index is 1.56. The Kier molecular flexibility index (Phi) is 5.74. The van der Waals surface area contributed by atoms with Crippen molar-refractivity contribution in [2.45, 2.75) is 13.8 Å². The van der Waals surface area contributed by atoms with E-state index in [2.05, 4.69) is 24.1 Å². The summed E-state index contributed by atoms with van der Waals surface area (Å²) in [5.41, 5.74) is 1.92. The Labute approximate surface area is 154 Å². The van der Waals surface area contributed by atoms with Crippen LogP contribution in [0.3, 0.4) is 0 Å². The lowest BCUT2D eigenvalue weighted by Gasteiger charge is -2.21. The number of nitrogens with zero attached hydrogens (tertiary/aromatic N) is 1. The molecule has 0 aliphatic rings. The summed E-state index contributed by atoms with van der Waals surface area (Å²) < 4.78 is 5.62. The van der Waals surface area contributed by atoms with Crippen LogP contribution in [0, 0.1) is 0 Å². The van der Waals surface area contributed by atoms with Gasteiger partial charge in [0.05, 0.1) is 0 Å². The molecule has 0 aliphatic carbocycles. The maximum absolute atomic E-state index is 12.1. The number of fused-ring (bicyclic) bond motifs is 1. The molecule has 3 rings (SSSR count). The molecule has 0 radical (unpaired) electrons. The Hall–Kier alpha value is -3.01. The standard InChI is InChI=1S/C22H24N2O2/c1-3-24(4-2)20-12-10-19(11-13-20)23-22(25)16-26-21-14-9-17-7-5-6-8-18(17)15-21/h5-15H,3-4,16H2,1-2H3,(H,23,25). The van der Waals surface area contributed by atoms with E-state index in [9.17, 15) is 4.79 Å². The molecule has 134 valence electrons. The number of amides is 1. The summed E-state index contributed by atoms with van der Waals surface area (Å²) in [6.45, 7) is 6.16.